The van der Waals surface area contributed by atoms with Gasteiger partial charge in [-0.3, -0.25) is 9.59 Å². The molecule has 4 nitrogen and oxygen atoms in total. The van der Waals surface area contributed by atoms with Gasteiger partial charge in [-0.2, -0.15) is 0 Å². The summed E-state index contributed by atoms with van der Waals surface area (Å²) in [7, 11) is 0. The zero-order chi connectivity index (χ0) is 12.4. The average molecular weight is 226 g/mol. The van der Waals surface area contributed by atoms with E-state index in [-0.39, 0.29) is 13.2 Å². The van der Waals surface area contributed by atoms with E-state index in [9.17, 15) is 9.59 Å². The van der Waals surface area contributed by atoms with Crippen molar-refractivity contribution in [1.82, 2.24) is 0 Å². The van der Waals surface area contributed by atoms with Gasteiger partial charge in [0.2, 0.25) is 0 Å². The minimum absolute atomic E-state index is 0.257. The summed E-state index contributed by atoms with van der Waals surface area (Å²) >= 11 is 0. The van der Waals surface area contributed by atoms with Crippen LogP contribution >= 0.6 is 0 Å². The highest BCUT2D eigenvalue weighted by molar-refractivity contribution is 6.05. The van der Waals surface area contributed by atoms with Crippen LogP contribution in [0.5, 0.6) is 0 Å². The Kier molecular flexibility index (Phi) is 3.41. The smallest absolute Gasteiger partial charge is 0.324 e. The summed E-state index contributed by atoms with van der Waals surface area (Å²) in [6.07, 6.45) is 2.04. The Morgan fingerprint density at radius 2 is 1.69 bits per heavy atom. The Balaban J connectivity index is 2.94. The van der Waals surface area contributed by atoms with Gasteiger partial charge in [0.05, 0.1) is 13.2 Å². The van der Waals surface area contributed by atoms with Crippen LogP contribution in [-0.2, 0) is 19.1 Å². The Bertz CT molecular complexity index is 303. The maximum absolute atomic E-state index is 11.8. The summed E-state index contributed by atoms with van der Waals surface area (Å²) in [5, 5.41) is 0. The van der Waals surface area contributed by atoms with Crippen molar-refractivity contribution in [2.45, 2.75) is 27.2 Å². The lowest BCUT2D eigenvalue weighted by molar-refractivity contribution is -0.165. The highest BCUT2D eigenvalue weighted by atomic mass is 16.6. The first-order valence-electron chi connectivity index (χ1n) is 5.46. The predicted molar refractivity (Wildman–Crippen MR) is 58.6 cm³/mol. The van der Waals surface area contributed by atoms with Gasteiger partial charge in [0.1, 0.15) is 0 Å². The molecule has 1 saturated carbocycles. The van der Waals surface area contributed by atoms with Crippen LogP contribution < -0.4 is 0 Å². The van der Waals surface area contributed by atoms with Gasteiger partial charge in [-0.25, -0.2) is 0 Å². The van der Waals surface area contributed by atoms with Crippen LogP contribution in [0.3, 0.4) is 0 Å². The number of carbonyl (C=O) groups excluding carboxylic acids is 2. The van der Waals surface area contributed by atoms with Crippen LogP contribution in [0.25, 0.3) is 0 Å². The van der Waals surface area contributed by atoms with E-state index in [2.05, 4.69) is 6.58 Å². The summed E-state index contributed by atoms with van der Waals surface area (Å²) < 4.78 is 9.89. The summed E-state index contributed by atoms with van der Waals surface area (Å²) in [6, 6.07) is 0. The molecule has 1 rings (SSSR count). The molecule has 0 aromatic rings. The Hall–Kier alpha value is -1.32. The van der Waals surface area contributed by atoms with Crippen molar-refractivity contribution < 1.29 is 19.1 Å². The zero-order valence-corrected chi connectivity index (χ0v) is 10.0. The molecule has 0 amide bonds. The number of hydrogen-bond acceptors (Lipinski definition) is 4. The van der Waals surface area contributed by atoms with Crippen LogP contribution in [0, 0.1) is 10.8 Å². The molecular formula is C12H18O4. The van der Waals surface area contributed by atoms with Crippen LogP contribution in [0.15, 0.2) is 12.7 Å². The van der Waals surface area contributed by atoms with Crippen molar-refractivity contribution in [3.05, 3.63) is 12.7 Å². The van der Waals surface area contributed by atoms with Crippen LogP contribution in [0.2, 0.25) is 0 Å². The normalized spacial score (nSPS) is 25.7. The molecule has 0 spiro atoms. The monoisotopic (exact) mass is 226 g/mol. The first-order chi connectivity index (χ1) is 7.48. The molecule has 16 heavy (non-hydrogen) atoms. The van der Waals surface area contributed by atoms with Crippen molar-refractivity contribution >= 4 is 11.9 Å². The third-order valence-corrected chi connectivity index (χ3v) is 3.18. The summed E-state index contributed by atoms with van der Waals surface area (Å²) in [5.41, 5.74) is -1.70. The second kappa shape index (κ2) is 4.28. The van der Waals surface area contributed by atoms with Gasteiger partial charge in [0.25, 0.3) is 0 Å². The van der Waals surface area contributed by atoms with E-state index >= 15 is 0 Å². The lowest BCUT2D eigenvalue weighted by Crippen LogP contribution is -2.34. The van der Waals surface area contributed by atoms with Crippen LogP contribution in [0.1, 0.15) is 27.2 Å². The molecule has 1 unspecified atom stereocenters. The molecule has 1 atom stereocenters. The highest BCUT2D eigenvalue weighted by Gasteiger charge is 2.74. The maximum atomic E-state index is 11.8. The number of carbonyl (C=O) groups is 2. The standard InChI is InChI=1S/C12H18O4/c1-5-11(4)8-12(11,9(13)15-6-2)10(14)16-7-3/h5H,1,6-8H2,2-4H3. The maximum Gasteiger partial charge on any atom is 0.324 e. The molecular weight excluding hydrogens is 208 g/mol. The molecule has 0 radical (unpaired) electrons. The minimum atomic E-state index is -1.17. The predicted octanol–water partition coefficient (Wildman–Crippen LogP) is 1.70. The van der Waals surface area contributed by atoms with E-state index in [1.807, 2.05) is 6.92 Å². The van der Waals surface area contributed by atoms with Crippen LogP contribution in [0.4, 0.5) is 0 Å². The van der Waals surface area contributed by atoms with Gasteiger partial charge in [0, 0.05) is 5.41 Å². The number of rotatable bonds is 5. The van der Waals surface area contributed by atoms with Gasteiger partial charge in [-0.15, -0.1) is 6.58 Å². The van der Waals surface area contributed by atoms with Gasteiger partial charge in [-0.05, 0) is 20.3 Å². The molecule has 0 bridgehead atoms. The Labute approximate surface area is 95.6 Å². The molecule has 1 aliphatic rings. The first kappa shape index (κ1) is 12.7. The van der Waals surface area contributed by atoms with E-state index in [1.54, 1.807) is 19.9 Å². The molecule has 90 valence electrons. The SMILES string of the molecule is C=CC1(C)CC1(C(=O)OCC)C(=O)OCC. The second-order valence-electron chi connectivity index (χ2n) is 4.14. The fraction of sp³-hybridized carbons (Fsp3) is 0.667. The molecule has 0 aromatic carbocycles. The lowest BCUT2D eigenvalue weighted by Gasteiger charge is -2.17. The Morgan fingerprint density at radius 1 is 1.25 bits per heavy atom. The molecule has 4 heteroatoms. The molecule has 0 N–H and O–H groups in total. The van der Waals surface area contributed by atoms with E-state index in [1.165, 1.54) is 0 Å². The number of esters is 2. The second-order valence-corrected chi connectivity index (χ2v) is 4.14. The molecule has 0 aliphatic heterocycles. The quantitative estimate of drug-likeness (QED) is 0.406. The van der Waals surface area contributed by atoms with Gasteiger partial charge in [-0.1, -0.05) is 13.0 Å². The van der Waals surface area contributed by atoms with Gasteiger partial charge < -0.3 is 9.47 Å². The van der Waals surface area contributed by atoms with Gasteiger partial charge >= 0.3 is 11.9 Å². The topological polar surface area (TPSA) is 52.6 Å². The summed E-state index contributed by atoms with van der Waals surface area (Å²) in [4.78, 5) is 23.7. The zero-order valence-electron chi connectivity index (χ0n) is 10.0. The van der Waals surface area contributed by atoms with Crippen molar-refractivity contribution in [2.75, 3.05) is 13.2 Å². The van der Waals surface area contributed by atoms with Crippen molar-refractivity contribution in [2.24, 2.45) is 10.8 Å². The van der Waals surface area contributed by atoms with Crippen molar-refractivity contribution in [3.8, 4) is 0 Å². The number of allylic oxidation sites excluding steroid dienone is 1. The largest absolute Gasteiger partial charge is 0.465 e. The minimum Gasteiger partial charge on any atom is -0.465 e. The van der Waals surface area contributed by atoms with Gasteiger partial charge in [0.15, 0.2) is 5.41 Å². The fourth-order valence-corrected chi connectivity index (χ4v) is 1.96. The number of hydrogen-bond donors (Lipinski definition) is 0. The van der Waals surface area contributed by atoms with Crippen LogP contribution in [-0.4, -0.2) is 25.2 Å². The first-order valence-corrected chi connectivity index (χ1v) is 5.46. The molecule has 0 saturated heterocycles. The summed E-state index contributed by atoms with van der Waals surface area (Å²) in [6.45, 7) is 9.41. The van der Waals surface area contributed by atoms with E-state index in [0.29, 0.717) is 6.42 Å². The number of ether oxygens (including phenoxy) is 2. The average Bonchev–Trinajstić information content (AvgIpc) is 2.88. The van der Waals surface area contributed by atoms with Crippen molar-refractivity contribution in [3.63, 3.8) is 0 Å². The van der Waals surface area contributed by atoms with E-state index < -0.39 is 22.8 Å². The summed E-state index contributed by atoms with van der Waals surface area (Å²) in [5.74, 6) is -1.01. The molecule has 0 aromatic heterocycles. The highest BCUT2D eigenvalue weighted by Crippen LogP contribution is 2.65. The third-order valence-electron chi connectivity index (χ3n) is 3.18. The molecule has 0 heterocycles. The fourth-order valence-electron chi connectivity index (χ4n) is 1.96. The Morgan fingerprint density at radius 3 is 1.94 bits per heavy atom. The third kappa shape index (κ3) is 1.62. The lowest BCUT2D eigenvalue weighted by atomic mass is 9.94. The molecule has 1 aliphatic carbocycles. The van der Waals surface area contributed by atoms with Crippen molar-refractivity contribution in [1.29, 1.82) is 0 Å². The van der Waals surface area contributed by atoms with E-state index in [0.717, 1.165) is 0 Å². The molecule has 1 fully saturated rings. The van der Waals surface area contributed by atoms with E-state index in [4.69, 9.17) is 9.47 Å².